The number of nitrogens with one attached hydrogen (secondary N) is 5. The summed E-state index contributed by atoms with van der Waals surface area (Å²) in [5, 5.41) is 26.8. The van der Waals surface area contributed by atoms with Crippen LogP contribution in [0, 0.1) is 0 Å². The second-order valence-corrected chi connectivity index (χ2v) is 6.62. The molecule has 15 heteroatoms. The van der Waals surface area contributed by atoms with Gasteiger partial charge in [-0.25, -0.2) is 4.98 Å². The van der Waals surface area contributed by atoms with Gasteiger partial charge in [0.25, 0.3) is 0 Å². The van der Waals surface area contributed by atoms with E-state index in [0.29, 0.717) is 5.69 Å². The maximum atomic E-state index is 12.4. The Kier molecular flexibility index (Phi) is 10.3. The highest BCUT2D eigenvalue weighted by Crippen LogP contribution is 1.99. The molecule has 1 heterocycles. The molecular formula is C17H25N7O8. The van der Waals surface area contributed by atoms with Gasteiger partial charge in [-0.2, -0.15) is 0 Å². The number of primary amides is 1. The van der Waals surface area contributed by atoms with Crippen molar-refractivity contribution in [3.05, 3.63) is 18.2 Å². The number of hydrogen-bond donors (Lipinski definition) is 8. The Labute approximate surface area is 181 Å². The number of aromatic amines is 1. The number of aliphatic hydroxyl groups excluding tert-OH is 1. The molecule has 0 fully saturated rings. The lowest BCUT2D eigenvalue weighted by Gasteiger charge is -2.20. The molecule has 9 N–H and O–H groups in total. The van der Waals surface area contributed by atoms with Crippen molar-refractivity contribution in [3.8, 4) is 0 Å². The standard InChI is InChI=1S/C17H25N7O8/c1-8(26)22-10(2-9-4-19-7-21-9)16(31)20-5-13(27)23-11(3-14(28)29)17(32)24-12(6-25)15(18)30/h4,7,10-12,25H,2-3,5-6H2,1H3,(H2,18,30)(H,19,21)(H,20,31)(H,22,26)(H,23,27)(H,24,32)(H,28,29)/t10-,11-,12-/m0/s1. The number of aromatic nitrogens is 2. The van der Waals surface area contributed by atoms with E-state index in [1.54, 1.807) is 0 Å². The molecule has 0 saturated carbocycles. The van der Waals surface area contributed by atoms with Crippen molar-refractivity contribution in [2.75, 3.05) is 13.2 Å². The van der Waals surface area contributed by atoms with Crippen LogP contribution < -0.4 is 27.0 Å². The predicted molar refractivity (Wildman–Crippen MR) is 105 cm³/mol. The zero-order valence-electron chi connectivity index (χ0n) is 17.1. The third-order valence-electron chi connectivity index (χ3n) is 3.97. The summed E-state index contributed by atoms with van der Waals surface area (Å²) >= 11 is 0. The fraction of sp³-hybridized carbons (Fsp3) is 0.471. The molecule has 0 aliphatic rings. The number of amides is 5. The first kappa shape index (κ1) is 26.0. The number of aliphatic hydroxyl groups is 1. The summed E-state index contributed by atoms with van der Waals surface area (Å²) < 4.78 is 0. The topological polar surface area (TPSA) is 246 Å². The molecule has 0 bridgehead atoms. The summed E-state index contributed by atoms with van der Waals surface area (Å²) in [4.78, 5) is 76.8. The summed E-state index contributed by atoms with van der Waals surface area (Å²) in [7, 11) is 0. The van der Waals surface area contributed by atoms with Gasteiger partial charge >= 0.3 is 5.97 Å². The number of hydrogen-bond acceptors (Lipinski definition) is 8. The van der Waals surface area contributed by atoms with Gasteiger partial charge in [0.15, 0.2) is 0 Å². The van der Waals surface area contributed by atoms with Crippen molar-refractivity contribution in [2.24, 2.45) is 5.73 Å². The molecule has 176 valence electrons. The molecule has 0 aromatic carbocycles. The summed E-state index contributed by atoms with van der Waals surface area (Å²) in [6, 6.07) is -4.11. The third kappa shape index (κ3) is 9.21. The molecule has 32 heavy (non-hydrogen) atoms. The Balaban J connectivity index is 2.72. The number of nitrogens with two attached hydrogens (primary N) is 1. The summed E-state index contributed by atoms with van der Waals surface area (Å²) in [5.74, 6) is -5.67. The number of nitrogens with zero attached hydrogens (tertiary/aromatic N) is 1. The van der Waals surface area contributed by atoms with Crippen molar-refractivity contribution < 1.29 is 39.0 Å². The lowest BCUT2D eigenvalue weighted by atomic mass is 10.1. The number of carbonyl (C=O) groups is 6. The largest absolute Gasteiger partial charge is 0.481 e. The maximum Gasteiger partial charge on any atom is 0.305 e. The molecule has 0 aliphatic carbocycles. The van der Waals surface area contributed by atoms with Crippen LogP contribution in [0.5, 0.6) is 0 Å². The fourth-order valence-corrected chi connectivity index (χ4v) is 2.47. The number of H-pyrrole nitrogens is 1. The highest BCUT2D eigenvalue weighted by Gasteiger charge is 2.28. The average molecular weight is 455 g/mol. The normalized spacial score (nSPS) is 13.2. The van der Waals surface area contributed by atoms with Gasteiger partial charge in [-0.1, -0.05) is 0 Å². The molecule has 5 amide bonds. The number of carboxylic acids is 1. The molecule has 1 aromatic rings. The van der Waals surface area contributed by atoms with Crippen LogP contribution in [0.15, 0.2) is 12.5 Å². The SMILES string of the molecule is CC(=O)N[C@@H](Cc1cnc[nH]1)C(=O)NCC(=O)N[C@@H](CC(=O)O)C(=O)N[C@@H](CO)C(N)=O. The Morgan fingerprint density at radius 1 is 1.06 bits per heavy atom. The van der Waals surface area contributed by atoms with Crippen LogP contribution in [-0.4, -0.2) is 87.0 Å². The summed E-state index contributed by atoms with van der Waals surface area (Å²) in [5.41, 5.74) is 5.54. The van der Waals surface area contributed by atoms with Crippen molar-refractivity contribution in [2.45, 2.75) is 37.9 Å². The Hall–Kier alpha value is -4.01. The summed E-state index contributed by atoms with van der Waals surface area (Å²) in [6.45, 7) is -0.257. The molecule has 3 atom stereocenters. The Morgan fingerprint density at radius 3 is 2.25 bits per heavy atom. The fourth-order valence-electron chi connectivity index (χ4n) is 2.47. The summed E-state index contributed by atoms with van der Waals surface area (Å²) in [6.07, 6.45) is 2.07. The first-order valence-corrected chi connectivity index (χ1v) is 9.27. The molecular weight excluding hydrogens is 430 g/mol. The van der Waals surface area contributed by atoms with Gasteiger partial charge < -0.3 is 42.2 Å². The quantitative estimate of drug-likeness (QED) is 0.142. The third-order valence-corrected chi connectivity index (χ3v) is 3.97. The molecule has 1 rings (SSSR count). The molecule has 0 unspecified atom stereocenters. The van der Waals surface area contributed by atoms with Crippen molar-refractivity contribution in [1.82, 2.24) is 31.2 Å². The van der Waals surface area contributed by atoms with Gasteiger partial charge in [-0.15, -0.1) is 0 Å². The molecule has 0 radical (unpaired) electrons. The van der Waals surface area contributed by atoms with Gasteiger partial charge in [0, 0.05) is 25.2 Å². The second-order valence-electron chi connectivity index (χ2n) is 6.62. The number of carboxylic acid groups (broad SMARTS) is 1. The number of carbonyl (C=O) groups excluding carboxylic acids is 5. The number of rotatable bonds is 13. The van der Waals surface area contributed by atoms with E-state index in [4.69, 9.17) is 15.9 Å². The monoisotopic (exact) mass is 455 g/mol. The van der Waals surface area contributed by atoms with E-state index < -0.39 is 73.2 Å². The highest BCUT2D eigenvalue weighted by molar-refractivity contribution is 5.95. The van der Waals surface area contributed by atoms with Gasteiger partial charge in [0.05, 0.1) is 25.9 Å². The molecule has 15 nitrogen and oxygen atoms in total. The lowest BCUT2D eigenvalue weighted by molar-refractivity contribution is -0.141. The molecule has 0 saturated heterocycles. The van der Waals surface area contributed by atoms with Crippen LogP contribution in [0.2, 0.25) is 0 Å². The number of aliphatic carboxylic acids is 1. The Bertz CT molecular complexity index is 842. The van der Waals surface area contributed by atoms with E-state index in [1.807, 2.05) is 5.32 Å². The van der Waals surface area contributed by atoms with E-state index in [0.717, 1.165) is 0 Å². The zero-order chi connectivity index (χ0) is 24.3. The Morgan fingerprint density at radius 2 is 1.75 bits per heavy atom. The van der Waals surface area contributed by atoms with Gasteiger partial charge in [-0.05, 0) is 0 Å². The minimum atomic E-state index is -1.61. The van der Waals surface area contributed by atoms with Crippen LogP contribution in [-0.2, 0) is 35.2 Å². The van der Waals surface area contributed by atoms with Crippen molar-refractivity contribution in [1.29, 1.82) is 0 Å². The first-order valence-electron chi connectivity index (χ1n) is 9.27. The lowest BCUT2D eigenvalue weighted by Crippen LogP contribution is -2.56. The average Bonchev–Trinajstić information content (AvgIpc) is 3.21. The second kappa shape index (κ2) is 12.6. The minimum absolute atomic E-state index is 0.0622. The van der Waals surface area contributed by atoms with Crippen LogP contribution >= 0.6 is 0 Å². The van der Waals surface area contributed by atoms with Gasteiger partial charge in [0.2, 0.25) is 29.5 Å². The zero-order valence-corrected chi connectivity index (χ0v) is 17.1. The van der Waals surface area contributed by atoms with E-state index in [-0.39, 0.29) is 6.42 Å². The van der Waals surface area contributed by atoms with E-state index in [1.165, 1.54) is 19.4 Å². The van der Waals surface area contributed by atoms with Crippen molar-refractivity contribution >= 4 is 35.5 Å². The van der Waals surface area contributed by atoms with Crippen LogP contribution in [0.25, 0.3) is 0 Å². The van der Waals surface area contributed by atoms with E-state index in [2.05, 4.69) is 25.9 Å². The minimum Gasteiger partial charge on any atom is -0.481 e. The maximum absolute atomic E-state index is 12.4. The van der Waals surface area contributed by atoms with Crippen LogP contribution in [0.3, 0.4) is 0 Å². The van der Waals surface area contributed by atoms with Crippen LogP contribution in [0.4, 0.5) is 0 Å². The molecule has 0 aliphatic heterocycles. The van der Waals surface area contributed by atoms with Gasteiger partial charge in [-0.3, -0.25) is 28.8 Å². The number of imidazole rings is 1. The van der Waals surface area contributed by atoms with E-state index >= 15 is 0 Å². The molecule has 1 aromatic heterocycles. The predicted octanol–water partition coefficient (Wildman–Crippen LogP) is -4.50. The van der Waals surface area contributed by atoms with Crippen LogP contribution in [0.1, 0.15) is 19.0 Å². The van der Waals surface area contributed by atoms with E-state index in [9.17, 15) is 28.8 Å². The van der Waals surface area contributed by atoms with Crippen molar-refractivity contribution in [3.63, 3.8) is 0 Å². The molecule has 0 spiro atoms. The highest BCUT2D eigenvalue weighted by atomic mass is 16.4. The smallest absolute Gasteiger partial charge is 0.305 e. The van der Waals surface area contributed by atoms with Gasteiger partial charge in [0.1, 0.15) is 18.1 Å². The first-order chi connectivity index (χ1) is 15.0.